The molecule has 2 saturated heterocycles. The van der Waals surface area contributed by atoms with Gasteiger partial charge in [-0.3, -0.25) is 9.59 Å². The van der Waals surface area contributed by atoms with Crippen molar-refractivity contribution in [1.82, 2.24) is 5.32 Å². The molecule has 2 heterocycles. The van der Waals surface area contributed by atoms with E-state index in [1.165, 1.54) is 14.0 Å². The van der Waals surface area contributed by atoms with Gasteiger partial charge in [0.2, 0.25) is 0 Å². The van der Waals surface area contributed by atoms with E-state index in [1.54, 1.807) is 24.3 Å². The van der Waals surface area contributed by atoms with Gasteiger partial charge >= 0.3 is 5.97 Å². The van der Waals surface area contributed by atoms with Gasteiger partial charge in [-0.1, -0.05) is 18.2 Å². The molecule has 7 nitrogen and oxygen atoms in total. The van der Waals surface area contributed by atoms with Gasteiger partial charge in [0.15, 0.2) is 6.29 Å². The molecular formula is C16H19NO6. The summed E-state index contributed by atoms with van der Waals surface area (Å²) in [6.45, 7) is 1.44. The van der Waals surface area contributed by atoms with Gasteiger partial charge in [0, 0.05) is 19.6 Å². The molecule has 23 heavy (non-hydrogen) atoms. The van der Waals surface area contributed by atoms with Crippen molar-refractivity contribution in [2.24, 2.45) is 0 Å². The van der Waals surface area contributed by atoms with Gasteiger partial charge in [-0.15, -0.1) is 0 Å². The van der Waals surface area contributed by atoms with E-state index in [1.807, 2.05) is 6.07 Å². The van der Waals surface area contributed by atoms with Crippen LogP contribution >= 0.6 is 0 Å². The third kappa shape index (κ3) is 3.52. The number of amides is 1. The van der Waals surface area contributed by atoms with E-state index in [9.17, 15) is 9.59 Å². The van der Waals surface area contributed by atoms with Crippen molar-refractivity contribution in [3.8, 4) is 0 Å². The fourth-order valence-electron chi connectivity index (χ4n) is 2.72. The summed E-state index contributed by atoms with van der Waals surface area (Å²) in [5.41, 5.74) is 0.557. The van der Waals surface area contributed by atoms with E-state index in [4.69, 9.17) is 18.9 Å². The highest BCUT2D eigenvalue weighted by molar-refractivity contribution is 5.94. The maximum Gasteiger partial charge on any atom is 0.302 e. The summed E-state index contributed by atoms with van der Waals surface area (Å²) in [6, 6.07) is 8.49. The van der Waals surface area contributed by atoms with E-state index in [-0.39, 0.29) is 30.7 Å². The highest BCUT2D eigenvalue weighted by atomic mass is 16.7. The molecule has 0 aliphatic carbocycles. The maximum absolute atomic E-state index is 12.3. The molecule has 124 valence electrons. The van der Waals surface area contributed by atoms with Gasteiger partial charge in [-0.05, 0) is 12.1 Å². The predicted octanol–water partition coefficient (Wildman–Crippen LogP) is 0.487. The van der Waals surface area contributed by atoms with Crippen LogP contribution in [0.1, 0.15) is 17.3 Å². The Hall–Kier alpha value is -1.96. The standard InChI is InChI=1S/C16H19NO6/c1-9(18)21-8-11-13-14(23-13)12(16(20-2)22-11)17-15(19)10-6-4-3-5-7-10/h3-7,11-14,16H,8H2,1-2H3,(H,17,19)/t11-,12+,13-,14+,16+/m1/s1. The number of rotatable bonds is 5. The summed E-state index contributed by atoms with van der Waals surface area (Å²) in [6.07, 6.45) is -1.46. The minimum Gasteiger partial charge on any atom is -0.463 e. The Morgan fingerprint density at radius 2 is 1.91 bits per heavy atom. The van der Waals surface area contributed by atoms with E-state index in [0.29, 0.717) is 5.56 Å². The molecule has 1 amide bonds. The van der Waals surface area contributed by atoms with Gasteiger partial charge in [0.1, 0.15) is 31.0 Å². The zero-order valence-electron chi connectivity index (χ0n) is 12.9. The fraction of sp³-hybridized carbons (Fsp3) is 0.500. The SMILES string of the molecule is CO[C@H]1O[C@H](COC(C)=O)[C@H]2O[C@H]2[C@@H]1NC(=O)c1ccccc1. The Balaban J connectivity index is 1.63. The molecule has 2 aliphatic heterocycles. The Kier molecular flexibility index (Phi) is 4.61. The number of nitrogens with one attached hydrogen (secondary N) is 1. The lowest BCUT2D eigenvalue weighted by Gasteiger charge is -2.32. The van der Waals surface area contributed by atoms with Crippen LogP contribution in [0.25, 0.3) is 0 Å². The number of hydrogen-bond acceptors (Lipinski definition) is 6. The average molecular weight is 321 g/mol. The van der Waals surface area contributed by atoms with Gasteiger partial charge in [0.25, 0.3) is 5.91 Å². The third-order valence-corrected chi connectivity index (χ3v) is 3.90. The van der Waals surface area contributed by atoms with Crippen LogP contribution in [0, 0.1) is 0 Å². The van der Waals surface area contributed by atoms with Crippen molar-refractivity contribution < 1.29 is 28.5 Å². The lowest BCUT2D eigenvalue weighted by atomic mass is 10.0. The van der Waals surface area contributed by atoms with E-state index < -0.39 is 18.4 Å². The number of carbonyl (C=O) groups excluding carboxylic acids is 2. The number of benzene rings is 1. The topological polar surface area (TPSA) is 86.4 Å². The minimum atomic E-state index is -0.660. The number of ether oxygens (including phenoxy) is 4. The van der Waals surface area contributed by atoms with Crippen LogP contribution in [0.5, 0.6) is 0 Å². The molecule has 2 fully saturated rings. The number of esters is 1. The molecular weight excluding hydrogens is 302 g/mol. The predicted molar refractivity (Wildman–Crippen MR) is 78.7 cm³/mol. The van der Waals surface area contributed by atoms with Crippen molar-refractivity contribution >= 4 is 11.9 Å². The third-order valence-electron chi connectivity index (χ3n) is 3.90. The fourth-order valence-corrected chi connectivity index (χ4v) is 2.72. The summed E-state index contributed by atoms with van der Waals surface area (Å²) < 4.78 is 21.6. The normalized spacial score (nSPS) is 31.8. The first-order valence-electron chi connectivity index (χ1n) is 7.43. The van der Waals surface area contributed by atoms with E-state index >= 15 is 0 Å². The Bertz CT molecular complexity index is 577. The number of carbonyl (C=O) groups is 2. The van der Waals surface area contributed by atoms with Gasteiger partial charge in [-0.2, -0.15) is 0 Å². The summed E-state index contributed by atoms with van der Waals surface area (Å²) in [5, 5.41) is 2.89. The molecule has 0 aromatic heterocycles. The van der Waals surface area contributed by atoms with Crippen LogP contribution in [-0.2, 0) is 23.7 Å². The van der Waals surface area contributed by atoms with Crippen molar-refractivity contribution in [1.29, 1.82) is 0 Å². The maximum atomic E-state index is 12.3. The number of epoxide rings is 1. The molecule has 1 aromatic carbocycles. The average Bonchev–Trinajstić information content (AvgIpc) is 3.35. The van der Waals surface area contributed by atoms with Gasteiger partial charge in [0.05, 0.1) is 0 Å². The van der Waals surface area contributed by atoms with Crippen LogP contribution < -0.4 is 5.32 Å². The monoisotopic (exact) mass is 321 g/mol. The van der Waals surface area contributed by atoms with Crippen LogP contribution in [0.15, 0.2) is 30.3 Å². The first kappa shape index (κ1) is 15.9. The zero-order chi connectivity index (χ0) is 16.4. The summed E-state index contributed by atoms with van der Waals surface area (Å²) in [5.74, 6) is -0.590. The number of hydrogen-bond donors (Lipinski definition) is 1. The van der Waals surface area contributed by atoms with Crippen molar-refractivity contribution in [2.45, 2.75) is 37.6 Å². The molecule has 1 N–H and O–H groups in total. The van der Waals surface area contributed by atoms with Crippen molar-refractivity contribution in [2.75, 3.05) is 13.7 Å². The van der Waals surface area contributed by atoms with E-state index in [0.717, 1.165) is 0 Å². The van der Waals surface area contributed by atoms with Gasteiger partial charge < -0.3 is 24.3 Å². The van der Waals surface area contributed by atoms with Crippen LogP contribution in [0.3, 0.4) is 0 Å². The molecule has 0 unspecified atom stereocenters. The Labute approximate surface area is 133 Å². The molecule has 2 aliphatic rings. The first-order valence-corrected chi connectivity index (χ1v) is 7.43. The number of fused-ring (bicyclic) bond motifs is 1. The second kappa shape index (κ2) is 6.66. The first-order chi connectivity index (χ1) is 11.1. The lowest BCUT2D eigenvalue weighted by molar-refractivity contribution is -0.196. The molecule has 0 spiro atoms. The highest BCUT2D eigenvalue weighted by Gasteiger charge is 2.58. The molecule has 0 saturated carbocycles. The van der Waals surface area contributed by atoms with Crippen molar-refractivity contribution in [3.05, 3.63) is 35.9 Å². The van der Waals surface area contributed by atoms with Crippen LogP contribution in [0.2, 0.25) is 0 Å². The molecule has 3 rings (SSSR count). The lowest BCUT2D eigenvalue weighted by Crippen LogP contribution is -2.55. The molecule has 0 radical (unpaired) electrons. The zero-order valence-corrected chi connectivity index (χ0v) is 12.9. The van der Waals surface area contributed by atoms with E-state index in [2.05, 4.69) is 5.32 Å². The largest absolute Gasteiger partial charge is 0.463 e. The summed E-state index contributed by atoms with van der Waals surface area (Å²) in [4.78, 5) is 23.2. The second-order valence-electron chi connectivity index (χ2n) is 5.51. The second-order valence-corrected chi connectivity index (χ2v) is 5.51. The summed E-state index contributed by atoms with van der Waals surface area (Å²) >= 11 is 0. The van der Waals surface area contributed by atoms with Crippen LogP contribution in [-0.4, -0.2) is 56.2 Å². The molecule has 1 aromatic rings. The number of methoxy groups -OCH3 is 1. The minimum absolute atomic E-state index is 0.107. The molecule has 0 bridgehead atoms. The molecule has 7 heteroatoms. The van der Waals surface area contributed by atoms with Crippen LogP contribution in [0.4, 0.5) is 0 Å². The summed E-state index contributed by atoms with van der Waals surface area (Å²) in [7, 11) is 1.50. The molecule has 5 atom stereocenters. The quantitative estimate of drug-likeness (QED) is 0.627. The van der Waals surface area contributed by atoms with Crippen molar-refractivity contribution in [3.63, 3.8) is 0 Å². The van der Waals surface area contributed by atoms with Gasteiger partial charge in [-0.25, -0.2) is 0 Å². The Morgan fingerprint density at radius 1 is 1.17 bits per heavy atom. The smallest absolute Gasteiger partial charge is 0.302 e. The highest BCUT2D eigenvalue weighted by Crippen LogP contribution is 2.38. The Morgan fingerprint density at radius 3 is 2.57 bits per heavy atom.